The van der Waals surface area contributed by atoms with Crippen LogP contribution in [0.1, 0.15) is 44.7 Å². The SMILES string of the molecule is CC1=C(C(=O)OC(C)(C)C)C(c2cc3ccc(C)cc3nc2Cl)C(C#N)=C(N)O1. The maximum absolute atomic E-state index is 13.0. The Labute approximate surface area is 174 Å². The van der Waals surface area contributed by atoms with Crippen molar-refractivity contribution in [2.45, 2.75) is 46.1 Å². The van der Waals surface area contributed by atoms with Gasteiger partial charge >= 0.3 is 5.97 Å². The molecule has 1 atom stereocenters. The topological polar surface area (TPSA) is 98.2 Å². The van der Waals surface area contributed by atoms with Crippen LogP contribution in [0.4, 0.5) is 0 Å². The van der Waals surface area contributed by atoms with Crippen LogP contribution >= 0.6 is 11.6 Å². The normalized spacial score (nSPS) is 17.2. The maximum Gasteiger partial charge on any atom is 0.338 e. The van der Waals surface area contributed by atoms with Crippen LogP contribution in [-0.2, 0) is 14.3 Å². The third-order valence-electron chi connectivity index (χ3n) is 4.49. The highest BCUT2D eigenvalue weighted by molar-refractivity contribution is 6.30. The van der Waals surface area contributed by atoms with Crippen molar-refractivity contribution in [1.82, 2.24) is 4.98 Å². The molecule has 7 heteroatoms. The van der Waals surface area contributed by atoms with E-state index in [4.69, 9.17) is 26.8 Å². The fraction of sp³-hybridized carbons (Fsp3) is 0.318. The van der Waals surface area contributed by atoms with Crippen LogP contribution in [0.15, 0.2) is 47.1 Å². The van der Waals surface area contributed by atoms with Crippen LogP contribution in [0.25, 0.3) is 10.9 Å². The van der Waals surface area contributed by atoms with Crippen LogP contribution in [0.5, 0.6) is 0 Å². The summed E-state index contributed by atoms with van der Waals surface area (Å²) in [5, 5.41) is 10.8. The van der Waals surface area contributed by atoms with Crippen LogP contribution in [0.2, 0.25) is 5.15 Å². The quantitative estimate of drug-likeness (QED) is 0.571. The Morgan fingerprint density at radius 1 is 1.31 bits per heavy atom. The molecular formula is C22H22ClN3O3. The first-order chi connectivity index (χ1) is 13.5. The molecule has 0 saturated heterocycles. The zero-order valence-electron chi connectivity index (χ0n) is 17.0. The van der Waals surface area contributed by atoms with Gasteiger partial charge in [0.25, 0.3) is 0 Å². The van der Waals surface area contributed by atoms with Gasteiger partial charge in [-0.05, 0) is 52.3 Å². The molecule has 1 aromatic carbocycles. The number of carbonyl (C=O) groups excluding carboxylic acids is 1. The number of esters is 1. The second-order valence-corrected chi connectivity index (χ2v) is 8.32. The Bertz CT molecular complexity index is 1120. The van der Waals surface area contributed by atoms with Gasteiger partial charge in [0, 0.05) is 10.9 Å². The number of benzene rings is 1. The number of nitrogens with zero attached hydrogens (tertiary/aromatic N) is 2. The highest BCUT2D eigenvalue weighted by atomic mass is 35.5. The van der Waals surface area contributed by atoms with Gasteiger partial charge in [-0.15, -0.1) is 0 Å². The highest BCUT2D eigenvalue weighted by Crippen LogP contribution is 2.42. The largest absolute Gasteiger partial charge is 0.456 e. The van der Waals surface area contributed by atoms with Gasteiger partial charge in [0.05, 0.1) is 17.0 Å². The summed E-state index contributed by atoms with van der Waals surface area (Å²) >= 11 is 6.51. The summed E-state index contributed by atoms with van der Waals surface area (Å²) in [6, 6.07) is 9.67. The second kappa shape index (κ2) is 7.41. The molecule has 2 heterocycles. The monoisotopic (exact) mass is 411 g/mol. The van der Waals surface area contributed by atoms with E-state index in [1.165, 1.54) is 0 Å². The summed E-state index contributed by atoms with van der Waals surface area (Å²) in [7, 11) is 0. The van der Waals surface area contributed by atoms with Gasteiger partial charge in [0.2, 0.25) is 5.88 Å². The molecule has 0 bridgehead atoms. The molecule has 1 unspecified atom stereocenters. The van der Waals surface area contributed by atoms with E-state index in [0.717, 1.165) is 16.5 Å². The minimum atomic E-state index is -0.839. The molecule has 0 amide bonds. The molecule has 3 rings (SSSR count). The molecule has 0 radical (unpaired) electrons. The minimum Gasteiger partial charge on any atom is -0.456 e. The van der Waals surface area contributed by atoms with Crippen LogP contribution in [-0.4, -0.2) is 16.6 Å². The molecule has 0 saturated carbocycles. The number of aromatic nitrogens is 1. The lowest BCUT2D eigenvalue weighted by molar-refractivity contribution is -0.150. The third kappa shape index (κ3) is 4.06. The standard InChI is InChI=1S/C22H22ClN3O3/c1-11-6-7-13-9-14(19(23)26-16(13)8-11)18-15(10-24)20(25)28-12(2)17(18)21(27)29-22(3,4)5/h6-9,18H,25H2,1-5H3. The van der Waals surface area contributed by atoms with Crippen molar-refractivity contribution in [3.05, 3.63) is 63.3 Å². The highest BCUT2D eigenvalue weighted by Gasteiger charge is 2.39. The number of halogens is 1. The smallest absolute Gasteiger partial charge is 0.338 e. The van der Waals surface area contributed by atoms with E-state index in [2.05, 4.69) is 11.1 Å². The molecule has 29 heavy (non-hydrogen) atoms. The Hall–Kier alpha value is -3.04. The first-order valence-corrected chi connectivity index (χ1v) is 9.48. The Balaban J connectivity index is 2.24. The van der Waals surface area contributed by atoms with Gasteiger partial charge < -0.3 is 15.2 Å². The lowest BCUT2D eigenvalue weighted by Gasteiger charge is -2.29. The molecular weight excluding hydrogens is 390 g/mol. The van der Waals surface area contributed by atoms with Gasteiger partial charge in [-0.3, -0.25) is 0 Å². The van der Waals surface area contributed by atoms with Gasteiger partial charge in [0.1, 0.15) is 28.2 Å². The fourth-order valence-electron chi connectivity index (χ4n) is 3.26. The molecule has 2 N–H and O–H groups in total. The molecule has 0 fully saturated rings. The molecule has 1 aliphatic heterocycles. The van der Waals surface area contributed by atoms with E-state index in [1.54, 1.807) is 27.7 Å². The number of aryl methyl sites for hydroxylation is 1. The predicted molar refractivity (Wildman–Crippen MR) is 111 cm³/mol. The molecule has 1 aliphatic rings. The molecule has 2 aromatic rings. The van der Waals surface area contributed by atoms with E-state index in [9.17, 15) is 10.1 Å². The minimum absolute atomic E-state index is 0.0672. The first-order valence-electron chi connectivity index (χ1n) is 9.10. The third-order valence-corrected chi connectivity index (χ3v) is 4.79. The number of carbonyl (C=O) groups is 1. The van der Waals surface area contributed by atoms with Gasteiger partial charge in [0.15, 0.2) is 0 Å². The van der Waals surface area contributed by atoms with Crippen molar-refractivity contribution in [3.8, 4) is 6.07 Å². The summed E-state index contributed by atoms with van der Waals surface area (Å²) in [4.78, 5) is 17.5. The van der Waals surface area contributed by atoms with E-state index in [0.29, 0.717) is 5.56 Å². The number of nitriles is 1. The zero-order valence-corrected chi connectivity index (χ0v) is 17.7. The van der Waals surface area contributed by atoms with E-state index in [1.807, 2.05) is 31.2 Å². The van der Waals surface area contributed by atoms with Crippen molar-refractivity contribution in [1.29, 1.82) is 5.26 Å². The number of allylic oxidation sites excluding steroid dienone is 2. The summed E-state index contributed by atoms with van der Waals surface area (Å²) in [5.74, 6) is -1.24. The Morgan fingerprint density at radius 2 is 2.00 bits per heavy atom. The predicted octanol–water partition coefficient (Wildman–Crippen LogP) is 4.62. The van der Waals surface area contributed by atoms with Gasteiger partial charge in [-0.25, -0.2) is 9.78 Å². The van der Waals surface area contributed by atoms with Crippen LogP contribution in [0, 0.1) is 18.3 Å². The molecule has 1 aromatic heterocycles. The van der Waals surface area contributed by atoms with Gasteiger partial charge in [-0.2, -0.15) is 5.26 Å². The number of ether oxygens (including phenoxy) is 2. The summed E-state index contributed by atoms with van der Waals surface area (Å²) in [6.07, 6.45) is 0. The maximum atomic E-state index is 13.0. The molecule has 6 nitrogen and oxygen atoms in total. The average molecular weight is 412 g/mol. The van der Waals surface area contributed by atoms with Crippen molar-refractivity contribution in [3.63, 3.8) is 0 Å². The Morgan fingerprint density at radius 3 is 2.62 bits per heavy atom. The number of rotatable bonds is 2. The molecule has 0 aliphatic carbocycles. The number of nitrogens with two attached hydrogens (primary N) is 1. The van der Waals surface area contributed by atoms with Crippen LogP contribution in [0.3, 0.4) is 0 Å². The molecule has 150 valence electrons. The van der Waals surface area contributed by atoms with Crippen LogP contribution < -0.4 is 5.73 Å². The Kier molecular flexibility index (Phi) is 5.29. The number of pyridine rings is 1. The summed E-state index contributed by atoms with van der Waals surface area (Å²) in [5.41, 5.74) is 7.77. The van der Waals surface area contributed by atoms with E-state index >= 15 is 0 Å². The average Bonchev–Trinajstić information content (AvgIpc) is 2.58. The summed E-state index contributed by atoms with van der Waals surface area (Å²) < 4.78 is 11.0. The number of fused-ring (bicyclic) bond motifs is 1. The van der Waals surface area contributed by atoms with Crippen molar-refractivity contribution >= 4 is 28.5 Å². The lowest BCUT2D eigenvalue weighted by Crippen LogP contribution is -2.30. The molecule has 0 spiro atoms. The zero-order chi connectivity index (χ0) is 21.5. The van der Waals surface area contributed by atoms with Gasteiger partial charge in [-0.1, -0.05) is 23.7 Å². The number of hydrogen-bond donors (Lipinski definition) is 1. The summed E-state index contributed by atoms with van der Waals surface area (Å²) in [6.45, 7) is 8.87. The van der Waals surface area contributed by atoms with E-state index in [-0.39, 0.29) is 27.9 Å². The number of hydrogen-bond acceptors (Lipinski definition) is 6. The fourth-order valence-corrected chi connectivity index (χ4v) is 3.52. The first kappa shape index (κ1) is 20.7. The van der Waals surface area contributed by atoms with Crippen molar-refractivity contribution in [2.75, 3.05) is 0 Å². The van der Waals surface area contributed by atoms with Crippen molar-refractivity contribution in [2.24, 2.45) is 5.73 Å². The van der Waals surface area contributed by atoms with E-state index < -0.39 is 17.5 Å². The second-order valence-electron chi connectivity index (χ2n) is 7.96. The van der Waals surface area contributed by atoms with Crippen molar-refractivity contribution < 1.29 is 14.3 Å². The lowest BCUT2D eigenvalue weighted by atomic mass is 9.83.